The van der Waals surface area contributed by atoms with Gasteiger partial charge in [0, 0.05) is 19.5 Å². The van der Waals surface area contributed by atoms with Gasteiger partial charge in [-0.2, -0.15) is 0 Å². The van der Waals surface area contributed by atoms with E-state index < -0.39 is 0 Å². The largest absolute Gasteiger partial charge is 0.377 e. The predicted octanol–water partition coefficient (Wildman–Crippen LogP) is -0.240. The predicted molar refractivity (Wildman–Crippen MR) is 55.3 cm³/mol. The molecule has 1 fully saturated rings. The van der Waals surface area contributed by atoms with Crippen LogP contribution in [0.1, 0.15) is 20.3 Å². The topological polar surface area (TPSA) is 58.6 Å². The zero-order valence-corrected chi connectivity index (χ0v) is 9.28. The maximum Gasteiger partial charge on any atom is 0.242 e. The molecular formula is C10H18N2O3. The van der Waals surface area contributed by atoms with Crippen molar-refractivity contribution in [2.45, 2.75) is 26.4 Å². The number of hydrogen-bond donors (Lipinski definition) is 1. The summed E-state index contributed by atoms with van der Waals surface area (Å²) in [6, 6.07) is 0. The molecule has 5 nitrogen and oxygen atoms in total. The van der Waals surface area contributed by atoms with Gasteiger partial charge in [0.15, 0.2) is 0 Å². The quantitative estimate of drug-likeness (QED) is 0.702. The maximum absolute atomic E-state index is 11.5. The minimum Gasteiger partial charge on any atom is -0.377 e. The van der Waals surface area contributed by atoms with Crippen LogP contribution in [0.5, 0.6) is 0 Å². The van der Waals surface area contributed by atoms with Gasteiger partial charge in [0.1, 0.15) is 0 Å². The van der Waals surface area contributed by atoms with Crippen LogP contribution in [0.15, 0.2) is 0 Å². The highest BCUT2D eigenvalue weighted by atomic mass is 16.5. The fourth-order valence-corrected chi connectivity index (χ4v) is 1.37. The Labute approximate surface area is 89.8 Å². The third-order valence-corrected chi connectivity index (χ3v) is 2.21. The van der Waals surface area contributed by atoms with Gasteiger partial charge in [-0.1, -0.05) is 0 Å². The zero-order chi connectivity index (χ0) is 11.3. The highest BCUT2D eigenvalue weighted by Gasteiger charge is 2.19. The molecule has 1 aliphatic rings. The summed E-state index contributed by atoms with van der Waals surface area (Å²) in [6.07, 6.45) is 0.555. The van der Waals surface area contributed by atoms with Crippen LogP contribution in [-0.2, 0) is 14.3 Å². The number of nitrogens with one attached hydrogen (secondary N) is 1. The monoisotopic (exact) mass is 214 g/mol. The second kappa shape index (κ2) is 5.70. The van der Waals surface area contributed by atoms with Crippen LogP contribution in [-0.4, -0.2) is 49.1 Å². The van der Waals surface area contributed by atoms with Gasteiger partial charge in [-0.05, 0) is 13.8 Å². The summed E-state index contributed by atoms with van der Waals surface area (Å²) in [5.74, 6) is -0.0937. The van der Waals surface area contributed by atoms with Crippen molar-refractivity contribution in [1.29, 1.82) is 0 Å². The molecule has 0 aromatic carbocycles. The number of carbonyl (C=O) groups excluding carboxylic acids is 2. The molecule has 1 N–H and O–H groups in total. The minimum atomic E-state index is -0.0596. The fraction of sp³-hybridized carbons (Fsp3) is 0.800. The Kier molecular flexibility index (Phi) is 4.55. The molecule has 5 heteroatoms. The molecule has 0 radical (unpaired) electrons. The van der Waals surface area contributed by atoms with Crippen molar-refractivity contribution in [3.63, 3.8) is 0 Å². The average Bonchev–Trinajstić information content (AvgIpc) is 2.32. The summed E-state index contributed by atoms with van der Waals surface area (Å²) in [7, 11) is 0. The van der Waals surface area contributed by atoms with E-state index in [1.54, 1.807) is 4.90 Å². The second-order valence-corrected chi connectivity index (χ2v) is 3.83. The highest BCUT2D eigenvalue weighted by molar-refractivity contribution is 5.87. The van der Waals surface area contributed by atoms with Crippen LogP contribution >= 0.6 is 0 Å². The lowest BCUT2D eigenvalue weighted by atomic mass is 10.4. The van der Waals surface area contributed by atoms with Crippen molar-refractivity contribution < 1.29 is 14.3 Å². The van der Waals surface area contributed by atoms with Crippen molar-refractivity contribution >= 4 is 11.8 Å². The van der Waals surface area contributed by atoms with Crippen molar-refractivity contribution in [2.24, 2.45) is 0 Å². The SMILES string of the molecule is CC(C)OCCN1CCC(=O)NCC1=O. The molecule has 0 unspecified atom stereocenters. The smallest absolute Gasteiger partial charge is 0.242 e. The number of rotatable bonds is 4. The molecule has 0 aliphatic carbocycles. The zero-order valence-electron chi connectivity index (χ0n) is 9.28. The van der Waals surface area contributed by atoms with Crippen molar-refractivity contribution in [2.75, 3.05) is 26.2 Å². The van der Waals surface area contributed by atoms with Gasteiger partial charge in [0.2, 0.25) is 11.8 Å². The van der Waals surface area contributed by atoms with Crippen molar-refractivity contribution in [3.05, 3.63) is 0 Å². The van der Waals surface area contributed by atoms with Gasteiger partial charge in [0.05, 0.1) is 19.3 Å². The number of amides is 2. The molecular weight excluding hydrogens is 196 g/mol. The first-order valence-corrected chi connectivity index (χ1v) is 5.25. The summed E-state index contributed by atoms with van der Waals surface area (Å²) in [6.45, 7) is 5.60. The van der Waals surface area contributed by atoms with E-state index >= 15 is 0 Å². The van der Waals surface area contributed by atoms with E-state index in [1.807, 2.05) is 13.8 Å². The maximum atomic E-state index is 11.5. The Morgan fingerprint density at radius 2 is 2.20 bits per heavy atom. The molecule has 0 bridgehead atoms. The first kappa shape index (κ1) is 12.0. The lowest BCUT2D eigenvalue weighted by Crippen LogP contribution is -2.37. The van der Waals surface area contributed by atoms with Gasteiger partial charge in [-0.15, -0.1) is 0 Å². The highest BCUT2D eigenvalue weighted by Crippen LogP contribution is 1.98. The Morgan fingerprint density at radius 3 is 2.87 bits per heavy atom. The Hall–Kier alpha value is -1.10. The van der Waals surface area contributed by atoms with Gasteiger partial charge < -0.3 is 15.0 Å². The fourth-order valence-electron chi connectivity index (χ4n) is 1.37. The third kappa shape index (κ3) is 4.29. The van der Waals surface area contributed by atoms with Gasteiger partial charge in [0.25, 0.3) is 0 Å². The Balaban J connectivity index is 2.32. The van der Waals surface area contributed by atoms with Crippen LogP contribution in [0.3, 0.4) is 0 Å². The van der Waals surface area contributed by atoms with E-state index in [9.17, 15) is 9.59 Å². The van der Waals surface area contributed by atoms with Crippen LogP contribution in [0.2, 0.25) is 0 Å². The van der Waals surface area contributed by atoms with E-state index in [-0.39, 0.29) is 24.5 Å². The lowest BCUT2D eigenvalue weighted by Gasteiger charge is -2.20. The summed E-state index contributed by atoms with van der Waals surface area (Å²) in [5.41, 5.74) is 0. The Bertz CT molecular complexity index is 241. The summed E-state index contributed by atoms with van der Waals surface area (Å²) >= 11 is 0. The first-order valence-electron chi connectivity index (χ1n) is 5.25. The third-order valence-electron chi connectivity index (χ3n) is 2.21. The summed E-state index contributed by atoms with van der Waals surface area (Å²) < 4.78 is 5.36. The number of ether oxygens (including phenoxy) is 1. The summed E-state index contributed by atoms with van der Waals surface area (Å²) in [4.78, 5) is 24.2. The Morgan fingerprint density at radius 1 is 1.47 bits per heavy atom. The average molecular weight is 214 g/mol. The van der Waals surface area contributed by atoms with E-state index in [0.717, 1.165) is 0 Å². The number of hydrogen-bond acceptors (Lipinski definition) is 3. The van der Waals surface area contributed by atoms with Crippen molar-refractivity contribution in [3.8, 4) is 0 Å². The molecule has 1 heterocycles. The van der Waals surface area contributed by atoms with Crippen LogP contribution in [0, 0.1) is 0 Å². The van der Waals surface area contributed by atoms with E-state index in [4.69, 9.17) is 4.74 Å². The van der Waals surface area contributed by atoms with Gasteiger partial charge >= 0.3 is 0 Å². The van der Waals surface area contributed by atoms with E-state index in [2.05, 4.69) is 5.32 Å². The minimum absolute atomic E-state index is 0.0341. The van der Waals surface area contributed by atoms with E-state index in [0.29, 0.717) is 26.1 Å². The van der Waals surface area contributed by atoms with Gasteiger partial charge in [-0.25, -0.2) is 0 Å². The second-order valence-electron chi connectivity index (χ2n) is 3.83. The molecule has 0 spiro atoms. The molecule has 1 aliphatic heterocycles. The van der Waals surface area contributed by atoms with Crippen LogP contribution in [0.4, 0.5) is 0 Å². The standard InChI is InChI=1S/C10H18N2O3/c1-8(2)15-6-5-12-4-3-9(13)11-7-10(12)14/h8H,3-7H2,1-2H3,(H,11,13). The first-order chi connectivity index (χ1) is 7.09. The number of nitrogens with zero attached hydrogens (tertiary/aromatic N) is 1. The number of carbonyl (C=O) groups is 2. The molecule has 0 saturated carbocycles. The molecule has 1 saturated heterocycles. The summed E-state index contributed by atoms with van der Waals surface area (Å²) in [5, 5.41) is 2.55. The molecule has 86 valence electrons. The molecule has 0 aromatic heterocycles. The van der Waals surface area contributed by atoms with Crippen LogP contribution in [0.25, 0.3) is 0 Å². The lowest BCUT2D eigenvalue weighted by molar-refractivity contribution is -0.130. The molecule has 1 rings (SSSR count). The normalized spacial score (nSPS) is 17.9. The molecule has 2 amide bonds. The van der Waals surface area contributed by atoms with Gasteiger partial charge in [-0.3, -0.25) is 9.59 Å². The van der Waals surface area contributed by atoms with Crippen molar-refractivity contribution in [1.82, 2.24) is 10.2 Å². The molecule has 15 heavy (non-hydrogen) atoms. The molecule has 0 aromatic rings. The van der Waals surface area contributed by atoms with Crippen LogP contribution < -0.4 is 5.32 Å². The molecule has 0 atom stereocenters. The van der Waals surface area contributed by atoms with E-state index in [1.165, 1.54) is 0 Å².